The van der Waals surface area contributed by atoms with Gasteiger partial charge in [-0.3, -0.25) is 9.53 Å². The van der Waals surface area contributed by atoms with Crippen LogP contribution in [0.4, 0.5) is 18.9 Å². The molecule has 0 aliphatic heterocycles. The van der Waals surface area contributed by atoms with Crippen LogP contribution in [0.5, 0.6) is 0 Å². The third-order valence-electron chi connectivity index (χ3n) is 1.62. The largest absolute Gasteiger partial charge is 0.522 e. The van der Waals surface area contributed by atoms with Crippen LogP contribution >= 0.6 is 0 Å². The predicted molar refractivity (Wildman–Crippen MR) is 47.1 cm³/mol. The van der Waals surface area contributed by atoms with Crippen molar-refractivity contribution >= 4 is 5.69 Å². The van der Waals surface area contributed by atoms with Gasteiger partial charge >= 0.3 is 6.36 Å². The molecular formula is C8H9F3N2O2. The summed E-state index contributed by atoms with van der Waals surface area (Å²) >= 11 is 0. The summed E-state index contributed by atoms with van der Waals surface area (Å²) in [5, 5.41) is 0. The quantitative estimate of drug-likeness (QED) is 0.828. The number of aromatic nitrogens is 1. The Labute approximate surface area is 83.1 Å². The molecule has 0 saturated heterocycles. The van der Waals surface area contributed by atoms with Crippen molar-refractivity contribution in [2.24, 2.45) is 0 Å². The van der Waals surface area contributed by atoms with Gasteiger partial charge in [0.2, 0.25) is 5.43 Å². The van der Waals surface area contributed by atoms with Gasteiger partial charge in [0.25, 0.3) is 0 Å². The van der Waals surface area contributed by atoms with Gasteiger partial charge in [-0.2, -0.15) is 0 Å². The summed E-state index contributed by atoms with van der Waals surface area (Å²) in [6.45, 7) is -0.546. The lowest BCUT2D eigenvalue weighted by atomic mass is 10.4. The Kier molecular flexibility index (Phi) is 3.35. The Morgan fingerprint density at radius 1 is 1.47 bits per heavy atom. The number of halogens is 3. The smallest absolute Gasteiger partial charge is 0.394 e. The van der Waals surface area contributed by atoms with Crippen LogP contribution in [0.2, 0.25) is 0 Å². The van der Waals surface area contributed by atoms with Gasteiger partial charge in [0, 0.05) is 25.0 Å². The SMILES string of the molecule is Nc1cn(CCOC(F)(F)F)ccc1=O. The number of pyridine rings is 1. The van der Waals surface area contributed by atoms with E-state index in [0.717, 1.165) is 0 Å². The molecule has 1 heterocycles. The number of nitrogens with two attached hydrogens (primary N) is 1. The molecule has 1 aromatic heterocycles. The molecule has 0 aliphatic rings. The van der Waals surface area contributed by atoms with Crippen molar-refractivity contribution in [1.29, 1.82) is 0 Å². The van der Waals surface area contributed by atoms with E-state index in [9.17, 15) is 18.0 Å². The molecule has 2 N–H and O–H groups in total. The van der Waals surface area contributed by atoms with E-state index in [4.69, 9.17) is 5.73 Å². The fraction of sp³-hybridized carbons (Fsp3) is 0.375. The number of ether oxygens (including phenoxy) is 1. The van der Waals surface area contributed by atoms with Crippen molar-refractivity contribution in [3.8, 4) is 0 Å². The van der Waals surface area contributed by atoms with Crippen molar-refractivity contribution in [3.05, 3.63) is 28.7 Å². The monoisotopic (exact) mass is 222 g/mol. The van der Waals surface area contributed by atoms with Gasteiger partial charge in [-0.1, -0.05) is 0 Å². The van der Waals surface area contributed by atoms with Crippen LogP contribution in [-0.2, 0) is 11.3 Å². The Balaban J connectivity index is 2.52. The maximum Gasteiger partial charge on any atom is 0.522 e. The first-order chi connectivity index (χ1) is 6.88. The number of nitrogens with zero attached hydrogens (tertiary/aromatic N) is 1. The second kappa shape index (κ2) is 4.35. The number of hydrogen-bond donors (Lipinski definition) is 1. The van der Waals surface area contributed by atoms with Crippen LogP contribution < -0.4 is 11.2 Å². The van der Waals surface area contributed by atoms with E-state index in [1.807, 2.05) is 0 Å². The molecule has 4 nitrogen and oxygen atoms in total. The van der Waals surface area contributed by atoms with Crippen molar-refractivity contribution in [2.45, 2.75) is 12.9 Å². The van der Waals surface area contributed by atoms with Crippen molar-refractivity contribution in [1.82, 2.24) is 4.57 Å². The Morgan fingerprint density at radius 2 is 2.13 bits per heavy atom. The van der Waals surface area contributed by atoms with Crippen LogP contribution in [0.1, 0.15) is 0 Å². The molecule has 0 radical (unpaired) electrons. The van der Waals surface area contributed by atoms with E-state index in [-0.39, 0.29) is 17.7 Å². The highest BCUT2D eigenvalue weighted by Gasteiger charge is 2.28. The summed E-state index contributed by atoms with van der Waals surface area (Å²) in [4.78, 5) is 10.9. The minimum absolute atomic E-state index is 0.00971. The van der Waals surface area contributed by atoms with E-state index >= 15 is 0 Å². The molecule has 0 bridgehead atoms. The van der Waals surface area contributed by atoms with Gasteiger partial charge in [0.05, 0.1) is 12.3 Å². The summed E-state index contributed by atoms with van der Waals surface area (Å²) in [7, 11) is 0. The molecule has 0 amide bonds. The Bertz CT molecular complexity index is 386. The first kappa shape index (κ1) is 11.6. The third-order valence-corrected chi connectivity index (χ3v) is 1.62. The summed E-state index contributed by atoms with van der Waals surface area (Å²) in [6, 6.07) is 1.18. The molecule has 15 heavy (non-hydrogen) atoms. The molecule has 0 unspecified atom stereocenters. The first-order valence-corrected chi connectivity index (χ1v) is 4.05. The van der Waals surface area contributed by atoms with E-state index < -0.39 is 13.0 Å². The molecule has 0 spiro atoms. The van der Waals surface area contributed by atoms with Crippen LogP contribution in [-0.4, -0.2) is 17.5 Å². The highest BCUT2D eigenvalue weighted by Crippen LogP contribution is 2.15. The number of rotatable bonds is 3. The summed E-state index contributed by atoms with van der Waals surface area (Å²) in [5.41, 5.74) is 4.91. The number of alkyl halides is 3. The molecule has 0 saturated carbocycles. The fourth-order valence-corrected chi connectivity index (χ4v) is 0.951. The Morgan fingerprint density at radius 3 is 2.67 bits per heavy atom. The minimum Gasteiger partial charge on any atom is -0.394 e. The summed E-state index contributed by atoms with van der Waals surface area (Å²) in [5.74, 6) is 0. The lowest BCUT2D eigenvalue weighted by Crippen LogP contribution is -2.18. The van der Waals surface area contributed by atoms with E-state index in [2.05, 4.69) is 4.74 Å². The topological polar surface area (TPSA) is 57.2 Å². The zero-order valence-corrected chi connectivity index (χ0v) is 7.62. The van der Waals surface area contributed by atoms with Gasteiger partial charge in [-0.25, -0.2) is 0 Å². The maximum absolute atomic E-state index is 11.6. The first-order valence-electron chi connectivity index (χ1n) is 4.05. The zero-order valence-electron chi connectivity index (χ0n) is 7.62. The van der Waals surface area contributed by atoms with Crippen molar-refractivity contribution in [2.75, 3.05) is 12.3 Å². The highest BCUT2D eigenvalue weighted by molar-refractivity contribution is 5.33. The molecule has 1 rings (SSSR count). The van der Waals surface area contributed by atoms with E-state index in [1.54, 1.807) is 0 Å². The third kappa shape index (κ3) is 4.03. The normalized spacial score (nSPS) is 11.7. The lowest BCUT2D eigenvalue weighted by molar-refractivity contribution is -0.325. The number of anilines is 1. The van der Waals surface area contributed by atoms with Crippen LogP contribution in [0.25, 0.3) is 0 Å². The second-order valence-electron chi connectivity index (χ2n) is 2.80. The van der Waals surface area contributed by atoms with Crippen LogP contribution in [0.3, 0.4) is 0 Å². The standard InChI is InChI=1S/C8H9F3N2O2/c9-8(10,11)15-4-3-13-2-1-7(14)6(12)5-13/h1-2,5H,3-4,12H2. The lowest BCUT2D eigenvalue weighted by Gasteiger charge is -2.09. The molecular weight excluding hydrogens is 213 g/mol. The molecule has 0 aromatic carbocycles. The van der Waals surface area contributed by atoms with Crippen molar-refractivity contribution < 1.29 is 17.9 Å². The van der Waals surface area contributed by atoms with E-state index in [1.165, 1.54) is 23.0 Å². The fourth-order valence-electron chi connectivity index (χ4n) is 0.951. The maximum atomic E-state index is 11.6. The van der Waals surface area contributed by atoms with Crippen LogP contribution in [0.15, 0.2) is 23.3 Å². The molecule has 0 atom stereocenters. The van der Waals surface area contributed by atoms with Crippen LogP contribution in [0, 0.1) is 0 Å². The zero-order chi connectivity index (χ0) is 11.5. The average Bonchev–Trinajstić information content (AvgIpc) is 2.09. The number of nitrogen functional groups attached to an aromatic ring is 1. The summed E-state index contributed by atoms with van der Waals surface area (Å²) in [6.07, 6.45) is -2.02. The van der Waals surface area contributed by atoms with Gasteiger partial charge in [-0.15, -0.1) is 13.2 Å². The van der Waals surface area contributed by atoms with Crippen molar-refractivity contribution in [3.63, 3.8) is 0 Å². The highest BCUT2D eigenvalue weighted by atomic mass is 19.4. The molecule has 7 heteroatoms. The van der Waals surface area contributed by atoms with Gasteiger partial charge in [-0.05, 0) is 0 Å². The summed E-state index contributed by atoms with van der Waals surface area (Å²) < 4.78 is 39.7. The molecule has 84 valence electrons. The molecule has 1 aromatic rings. The minimum atomic E-state index is -4.63. The molecule has 0 aliphatic carbocycles. The van der Waals surface area contributed by atoms with Gasteiger partial charge < -0.3 is 10.3 Å². The van der Waals surface area contributed by atoms with Gasteiger partial charge in [0.1, 0.15) is 0 Å². The van der Waals surface area contributed by atoms with Gasteiger partial charge in [0.15, 0.2) is 0 Å². The second-order valence-corrected chi connectivity index (χ2v) is 2.80. The number of hydrogen-bond acceptors (Lipinski definition) is 3. The average molecular weight is 222 g/mol. The van der Waals surface area contributed by atoms with E-state index in [0.29, 0.717) is 0 Å². The predicted octanol–water partition coefficient (Wildman–Crippen LogP) is 0.967. The molecule has 0 fully saturated rings. The Hall–Kier alpha value is -1.50.